The number of benzene rings is 5. The van der Waals surface area contributed by atoms with Gasteiger partial charge in [-0.1, -0.05) is 151 Å². The number of hydrogen-bond donors (Lipinski definition) is 0. The fourth-order valence-corrected chi connectivity index (χ4v) is 9.26. The van der Waals surface area contributed by atoms with E-state index in [0.717, 1.165) is 27.1 Å². The number of hydrogen-bond acceptors (Lipinski definition) is 11. The minimum absolute atomic E-state index is 0.261. The van der Waals surface area contributed by atoms with Gasteiger partial charge < -0.3 is 47.4 Å². The average Bonchev–Trinajstić information content (AvgIpc) is 3.27. The van der Waals surface area contributed by atoms with Gasteiger partial charge in [-0.2, -0.15) is 0 Å². The Bertz CT molecular complexity index is 2010. The second-order valence-electron chi connectivity index (χ2n) is 14.7. The average molecular weight is 789 g/mol. The number of fused-ring (bicyclic) bond motifs is 5. The van der Waals surface area contributed by atoms with Crippen molar-refractivity contribution in [2.75, 3.05) is 13.2 Å². The molecule has 13 atom stereocenters. The van der Waals surface area contributed by atoms with Gasteiger partial charge in [-0.25, -0.2) is 0 Å². The lowest BCUT2D eigenvalue weighted by Crippen LogP contribution is -2.69. The molecule has 5 heterocycles. The van der Waals surface area contributed by atoms with E-state index in [4.69, 9.17) is 47.4 Å². The summed E-state index contributed by atoms with van der Waals surface area (Å²) in [6.07, 6.45) is -7.91. The lowest BCUT2D eigenvalue weighted by molar-refractivity contribution is -0.428. The van der Waals surface area contributed by atoms with Crippen LogP contribution in [0.5, 0.6) is 0 Å². The van der Waals surface area contributed by atoms with Crippen molar-refractivity contribution in [3.8, 4) is 0 Å². The van der Waals surface area contributed by atoms with E-state index in [-0.39, 0.29) is 6.61 Å². The molecule has 11 heteroatoms. The molecule has 0 spiro atoms. The highest BCUT2D eigenvalue weighted by Crippen LogP contribution is 2.47. The first-order valence-corrected chi connectivity index (χ1v) is 20.4. The Balaban J connectivity index is 1.04. The van der Waals surface area contributed by atoms with Crippen LogP contribution in [-0.4, -0.2) is 73.8 Å². The summed E-state index contributed by atoms with van der Waals surface area (Å²) in [6.45, 7) is 0.876. The highest BCUT2D eigenvalue weighted by atomic mass is 32.2. The molecule has 10 nitrogen and oxygen atoms in total. The zero-order valence-corrected chi connectivity index (χ0v) is 31.9. The lowest BCUT2D eigenvalue weighted by atomic mass is 9.94. The van der Waals surface area contributed by atoms with Crippen LogP contribution in [0.25, 0.3) is 0 Å². The second kappa shape index (κ2) is 17.1. The van der Waals surface area contributed by atoms with Crippen molar-refractivity contribution in [1.82, 2.24) is 0 Å². The summed E-state index contributed by atoms with van der Waals surface area (Å²) >= 11 is 1.57. The first-order chi connectivity index (χ1) is 28.2. The van der Waals surface area contributed by atoms with Gasteiger partial charge in [-0.05, 0) is 17.7 Å². The quantitative estimate of drug-likeness (QED) is 0.154. The van der Waals surface area contributed by atoms with Gasteiger partial charge in [0.15, 0.2) is 25.2 Å². The predicted molar refractivity (Wildman–Crippen MR) is 208 cm³/mol. The van der Waals surface area contributed by atoms with Crippen molar-refractivity contribution in [2.24, 2.45) is 0 Å². The van der Waals surface area contributed by atoms with E-state index in [1.54, 1.807) is 11.8 Å². The van der Waals surface area contributed by atoms with Gasteiger partial charge >= 0.3 is 0 Å². The first-order valence-electron chi connectivity index (χ1n) is 19.6. The fourth-order valence-electron chi connectivity index (χ4n) is 8.13. The SMILES string of the molecule is c1ccc(CO[C@@H]2[C@H]3O[C@@H](c4ccccc4)O[C@@H]4[C@@H](O[C@@H]3O[C@@H]3CO[C@@H](c5ccccc5)O[C@@H]23)[C@@H]2O[C@H](c3ccccc3)OC[C@H]2O[C@H]4Sc2ccccc2)cc1. The van der Waals surface area contributed by atoms with Crippen LogP contribution in [0.15, 0.2) is 157 Å². The Morgan fingerprint density at radius 2 is 0.930 bits per heavy atom. The maximum absolute atomic E-state index is 7.21. The van der Waals surface area contributed by atoms with Crippen LogP contribution in [-0.2, 0) is 54.0 Å². The summed E-state index contributed by atoms with van der Waals surface area (Å²) in [4.78, 5) is 1.02. The van der Waals surface area contributed by atoms with E-state index in [1.807, 2.05) is 140 Å². The van der Waals surface area contributed by atoms with Gasteiger partial charge in [-0.15, -0.1) is 0 Å². The summed E-state index contributed by atoms with van der Waals surface area (Å²) in [7, 11) is 0. The Labute approximate surface area is 336 Å². The molecule has 5 aliphatic heterocycles. The Hall–Kier alpha value is -3.95. The van der Waals surface area contributed by atoms with E-state index in [2.05, 4.69) is 12.1 Å². The van der Waals surface area contributed by atoms with Gasteiger partial charge in [0.1, 0.15) is 54.3 Å². The largest absolute Gasteiger partial charge is 0.368 e. The van der Waals surface area contributed by atoms with Crippen LogP contribution in [0.2, 0.25) is 0 Å². The van der Waals surface area contributed by atoms with Gasteiger partial charge in [0.25, 0.3) is 0 Å². The van der Waals surface area contributed by atoms with E-state index >= 15 is 0 Å². The molecular formula is C46H44O10S. The first kappa shape index (κ1) is 37.3. The van der Waals surface area contributed by atoms with Gasteiger partial charge in [0.2, 0.25) is 0 Å². The maximum atomic E-state index is 7.21. The standard InChI is InChI=1S/C46H44O10S/c1-6-16-29(17-7-1)26-47-38-36-34(27-48-42(52-36)30-18-8-2-9-19-30)50-45-40(38)55-44(32-22-12-4-13-23-32)56-41-39(54-45)37-35(51-46(41)57-33-24-14-5-15-25-33)28-49-43(53-37)31-20-10-3-11-21-31/h1-25,34-46H,26-28H2/t34-,35-,36-,37-,38+,39+,40-,41-,42-,43-,44-,45+,46+/m1/s1. The van der Waals surface area contributed by atoms with Crippen LogP contribution in [0.1, 0.15) is 41.1 Å². The molecule has 5 fully saturated rings. The molecule has 57 heavy (non-hydrogen) atoms. The van der Waals surface area contributed by atoms with E-state index in [9.17, 15) is 0 Å². The van der Waals surface area contributed by atoms with E-state index in [1.165, 1.54) is 0 Å². The summed E-state index contributed by atoms with van der Waals surface area (Å²) in [5.41, 5.74) is 3.14. The fraction of sp³-hybridized carbons (Fsp3) is 0.348. The predicted octanol–water partition coefficient (Wildman–Crippen LogP) is 7.91. The molecule has 0 bridgehead atoms. The van der Waals surface area contributed by atoms with E-state index in [0.29, 0.717) is 13.2 Å². The van der Waals surface area contributed by atoms with Gasteiger partial charge in [-0.3, -0.25) is 0 Å². The van der Waals surface area contributed by atoms with Crippen molar-refractivity contribution < 1.29 is 47.4 Å². The highest BCUT2D eigenvalue weighted by Gasteiger charge is 2.59. The molecule has 0 aliphatic carbocycles. The minimum atomic E-state index is -0.919. The molecular weight excluding hydrogens is 745 g/mol. The molecule has 294 valence electrons. The van der Waals surface area contributed by atoms with Gasteiger partial charge in [0.05, 0.1) is 19.8 Å². The maximum Gasteiger partial charge on any atom is 0.187 e. The molecule has 10 rings (SSSR count). The van der Waals surface area contributed by atoms with Crippen molar-refractivity contribution in [1.29, 1.82) is 0 Å². The molecule has 0 aromatic heterocycles. The highest BCUT2D eigenvalue weighted by molar-refractivity contribution is 7.99. The third kappa shape index (κ3) is 8.08. The Morgan fingerprint density at radius 1 is 0.439 bits per heavy atom. The second-order valence-corrected chi connectivity index (χ2v) is 15.8. The number of ether oxygens (including phenoxy) is 10. The molecule has 5 saturated heterocycles. The Kier molecular flexibility index (Phi) is 11.2. The number of thioether (sulfide) groups is 1. The lowest BCUT2D eigenvalue weighted by Gasteiger charge is -2.55. The van der Waals surface area contributed by atoms with Crippen molar-refractivity contribution in [2.45, 2.75) is 90.9 Å². The summed E-state index contributed by atoms with van der Waals surface area (Å²) in [5, 5.41) is 0. The molecule has 5 aliphatic rings. The van der Waals surface area contributed by atoms with Gasteiger partial charge in [0, 0.05) is 21.6 Å². The molecule has 5 aromatic rings. The van der Waals surface area contributed by atoms with Crippen molar-refractivity contribution >= 4 is 11.8 Å². The normalized spacial score (nSPS) is 35.0. The molecule has 0 amide bonds. The van der Waals surface area contributed by atoms with Crippen molar-refractivity contribution in [3.63, 3.8) is 0 Å². The van der Waals surface area contributed by atoms with Crippen molar-refractivity contribution in [3.05, 3.63) is 174 Å². The molecule has 0 saturated carbocycles. The van der Waals surface area contributed by atoms with Crippen LogP contribution < -0.4 is 0 Å². The molecule has 5 aromatic carbocycles. The third-order valence-electron chi connectivity index (χ3n) is 10.9. The monoisotopic (exact) mass is 788 g/mol. The van der Waals surface area contributed by atoms with Crippen LogP contribution >= 0.6 is 11.8 Å². The molecule has 0 unspecified atom stereocenters. The third-order valence-corrected chi connectivity index (χ3v) is 12.1. The zero-order chi connectivity index (χ0) is 38.0. The van der Waals surface area contributed by atoms with Crippen LogP contribution in [0.4, 0.5) is 0 Å². The van der Waals surface area contributed by atoms with Crippen LogP contribution in [0, 0.1) is 0 Å². The molecule has 0 radical (unpaired) electrons. The summed E-state index contributed by atoms with van der Waals surface area (Å²) in [5.74, 6) is 0. The Morgan fingerprint density at radius 3 is 1.54 bits per heavy atom. The van der Waals surface area contributed by atoms with E-state index < -0.39 is 79.4 Å². The minimum Gasteiger partial charge on any atom is -0.368 e. The number of rotatable bonds is 8. The smallest absolute Gasteiger partial charge is 0.187 e. The zero-order valence-electron chi connectivity index (χ0n) is 31.1. The summed E-state index contributed by atoms with van der Waals surface area (Å²) < 4.78 is 68.3. The molecule has 0 N–H and O–H groups in total. The topological polar surface area (TPSA) is 92.3 Å². The summed E-state index contributed by atoms with van der Waals surface area (Å²) in [6, 6.07) is 50.0. The van der Waals surface area contributed by atoms with Crippen LogP contribution in [0.3, 0.4) is 0 Å².